The highest BCUT2D eigenvalue weighted by Gasteiger charge is 2.12. The van der Waals surface area contributed by atoms with E-state index in [9.17, 15) is 0 Å². The van der Waals surface area contributed by atoms with Crippen molar-refractivity contribution < 1.29 is 0 Å². The third-order valence-corrected chi connectivity index (χ3v) is 3.07. The number of aromatic nitrogens is 2. The van der Waals surface area contributed by atoms with Crippen molar-refractivity contribution in [1.82, 2.24) is 14.9 Å². The van der Waals surface area contributed by atoms with Gasteiger partial charge < -0.3 is 9.88 Å². The monoisotopic (exact) mass is 237 g/mol. The molecule has 3 nitrogen and oxygen atoms in total. The molecule has 0 spiro atoms. The molecule has 0 saturated carbocycles. The number of unbranched alkanes of at least 4 members (excludes halogenated alkanes) is 3. The summed E-state index contributed by atoms with van der Waals surface area (Å²) in [6.45, 7) is 5.54. The molecule has 0 aromatic carbocycles. The normalized spacial score (nSPS) is 12.9. The molecule has 0 saturated heterocycles. The topological polar surface area (TPSA) is 29.9 Å². The lowest BCUT2D eigenvalue weighted by atomic mass is 10.0. The van der Waals surface area contributed by atoms with Crippen LogP contribution in [0.25, 0.3) is 0 Å². The van der Waals surface area contributed by atoms with Gasteiger partial charge in [0.1, 0.15) is 0 Å². The number of hydrogen-bond donors (Lipinski definition) is 1. The summed E-state index contributed by atoms with van der Waals surface area (Å²) in [4.78, 5) is 4.47. The molecule has 1 aromatic rings. The Hall–Kier alpha value is -0.830. The molecule has 3 heteroatoms. The Kier molecular flexibility index (Phi) is 6.94. The van der Waals surface area contributed by atoms with E-state index in [1.807, 2.05) is 17.9 Å². The molecule has 0 radical (unpaired) electrons. The van der Waals surface area contributed by atoms with Crippen LogP contribution in [0.1, 0.15) is 64.1 Å². The predicted molar refractivity (Wildman–Crippen MR) is 73.0 cm³/mol. The van der Waals surface area contributed by atoms with Crippen molar-refractivity contribution in [2.24, 2.45) is 7.05 Å². The first kappa shape index (κ1) is 14.2. The fourth-order valence-corrected chi connectivity index (χ4v) is 2.06. The first-order chi connectivity index (χ1) is 8.27. The van der Waals surface area contributed by atoms with Gasteiger partial charge in [-0.15, -0.1) is 0 Å². The summed E-state index contributed by atoms with van der Waals surface area (Å²) in [7, 11) is 2.03. The largest absolute Gasteiger partial charge is 0.340 e. The number of imidazole rings is 1. The van der Waals surface area contributed by atoms with E-state index in [1.54, 1.807) is 0 Å². The number of hydrogen-bond acceptors (Lipinski definition) is 2. The second-order valence-corrected chi connectivity index (χ2v) is 4.82. The van der Waals surface area contributed by atoms with Crippen molar-refractivity contribution in [3.63, 3.8) is 0 Å². The van der Waals surface area contributed by atoms with Gasteiger partial charge in [-0.05, 0) is 19.4 Å². The van der Waals surface area contributed by atoms with Gasteiger partial charge in [-0.1, -0.05) is 39.5 Å². The lowest BCUT2D eigenvalue weighted by Crippen LogP contribution is -2.22. The van der Waals surface area contributed by atoms with Crippen LogP contribution in [-0.4, -0.2) is 16.1 Å². The first-order valence-corrected chi connectivity index (χ1v) is 6.99. The van der Waals surface area contributed by atoms with Crippen LogP contribution in [-0.2, 0) is 7.05 Å². The van der Waals surface area contributed by atoms with Crippen LogP contribution in [0.2, 0.25) is 0 Å². The molecule has 0 aliphatic rings. The van der Waals surface area contributed by atoms with Crippen LogP contribution in [0.15, 0.2) is 12.5 Å². The smallest absolute Gasteiger partial charge is 0.0947 e. The van der Waals surface area contributed by atoms with Gasteiger partial charge in [0, 0.05) is 13.2 Å². The van der Waals surface area contributed by atoms with Crippen molar-refractivity contribution in [3.05, 3.63) is 18.2 Å². The predicted octanol–water partition coefficient (Wildman–Crippen LogP) is 3.43. The second kappa shape index (κ2) is 8.29. The van der Waals surface area contributed by atoms with Gasteiger partial charge in [0.05, 0.1) is 18.1 Å². The van der Waals surface area contributed by atoms with Gasteiger partial charge in [-0.3, -0.25) is 0 Å². The Morgan fingerprint density at radius 3 is 2.65 bits per heavy atom. The summed E-state index contributed by atoms with van der Waals surface area (Å²) in [5, 5.41) is 3.60. The lowest BCUT2D eigenvalue weighted by Gasteiger charge is -2.16. The third kappa shape index (κ3) is 5.35. The minimum Gasteiger partial charge on any atom is -0.340 e. The Labute approximate surface area is 106 Å². The first-order valence-electron chi connectivity index (χ1n) is 6.99. The van der Waals surface area contributed by atoms with Crippen LogP contribution in [0, 0.1) is 0 Å². The Bertz CT molecular complexity index is 293. The van der Waals surface area contributed by atoms with Crippen LogP contribution in [0.4, 0.5) is 0 Å². The molecule has 0 fully saturated rings. The molecule has 1 rings (SSSR count). The third-order valence-electron chi connectivity index (χ3n) is 3.07. The van der Waals surface area contributed by atoms with E-state index >= 15 is 0 Å². The Morgan fingerprint density at radius 1 is 1.24 bits per heavy atom. The van der Waals surface area contributed by atoms with Crippen molar-refractivity contribution in [2.45, 2.75) is 58.4 Å². The average Bonchev–Trinajstić information content (AvgIpc) is 2.75. The van der Waals surface area contributed by atoms with E-state index in [4.69, 9.17) is 0 Å². The maximum atomic E-state index is 4.47. The number of aryl methyl sites for hydroxylation is 1. The van der Waals surface area contributed by atoms with E-state index < -0.39 is 0 Å². The molecule has 0 aliphatic heterocycles. The summed E-state index contributed by atoms with van der Waals surface area (Å²) in [5.41, 5.74) is 1.19. The molecule has 0 bridgehead atoms. The molecule has 1 aromatic heterocycles. The van der Waals surface area contributed by atoms with E-state index in [2.05, 4.69) is 30.3 Å². The quantitative estimate of drug-likeness (QED) is 0.667. The van der Waals surface area contributed by atoms with Crippen LogP contribution >= 0.6 is 0 Å². The van der Waals surface area contributed by atoms with Gasteiger partial charge in [0.25, 0.3) is 0 Å². The van der Waals surface area contributed by atoms with E-state index in [0.29, 0.717) is 6.04 Å². The van der Waals surface area contributed by atoms with Crippen molar-refractivity contribution in [1.29, 1.82) is 0 Å². The molecule has 0 amide bonds. The van der Waals surface area contributed by atoms with E-state index in [-0.39, 0.29) is 0 Å². The highest BCUT2D eigenvalue weighted by Crippen LogP contribution is 2.18. The van der Waals surface area contributed by atoms with Gasteiger partial charge in [-0.2, -0.15) is 0 Å². The fraction of sp³-hybridized carbons (Fsp3) is 0.786. The summed E-state index contributed by atoms with van der Waals surface area (Å²) in [6, 6.07) is 0.438. The summed E-state index contributed by atoms with van der Waals surface area (Å²) >= 11 is 0. The Morgan fingerprint density at radius 2 is 2.06 bits per heavy atom. The molecular formula is C14H27N3. The fourth-order valence-electron chi connectivity index (χ4n) is 2.06. The van der Waals surface area contributed by atoms with Crippen molar-refractivity contribution in [3.8, 4) is 0 Å². The maximum Gasteiger partial charge on any atom is 0.0947 e. The SMILES string of the molecule is CCCCCCC(NCCC)c1cn(C)cn1. The minimum atomic E-state index is 0.438. The highest BCUT2D eigenvalue weighted by molar-refractivity contribution is 5.03. The van der Waals surface area contributed by atoms with Gasteiger partial charge in [-0.25, -0.2) is 4.98 Å². The van der Waals surface area contributed by atoms with Gasteiger partial charge >= 0.3 is 0 Å². The number of nitrogens with zero attached hydrogens (tertiary/aromatic N) is 2. The summed E-state index contributed by atoms with van der Waals surface area (Å²) in [6.07, 6.45) is 11.7. The highest BCUT2D eigenvalue weighted by atomic mass is 15.0. The molecule has 1 heterocycles. The zero-order valence-corrected chi connectivity index (χ0v) is 11.6. The maximum absolute atomic E-state index is 4.47. The zero-order chi connectivity index (χ0) is 12.5. The molecule has 1 unspecified atom stereocenters. The van der Waals surface area contributed by atoms with Crippen LogP contribution in [0.5, 0.6) is 0 Å². The molecule has 98 valence electrons. The Balaban J connectivity index is 2.42. The standard InChI is InChI=1S/C14H27N3/c1-4-6-7-8-9-13(15-10-5-2)14-11-17(3)12-16-14/h11-13,15H,4-10H2,1-3H3. The van der Waals surface area contributed by atoms with Gasteiger partial charge in [0.15, 0.2) is 0 Å². The number of nitrogens with one attached hydrogen (secondary N) is 1. The van der Waals surface area contributed by atoms with E-state index in [1.165, 1.54) is 44.2 Å². The molecule has 17 heavy (non-hydrogen) atoms. The molecule has 0 aliphatic carbocycles. The van der Waals surface area contributed by atoms with Crippen LogP contribution < -0.4 is 5.32 Å². The average molecular weight is 237 g/mol. The van der Waals surface area contributed by atoms with Gasteiger partial charge in [0.2, 0.25) is 0 Å². The lowest BCUT2D eigenvalue weighted by molar-refractivity contribution is 0.463. The summed E-state index contributed by atoms with van der Waals surface area (Å²) < 4.78 is 2.03. The van der Waals surface area contributed by atoms with Crippen molar-refractivity contribution >= 4 is 0 Å². The minimum absolute atomic E-state index is 0.438. The molecular weight excluding hydrogens is 210 g/mol. The second-order valence-electron chi connectivity index (χ2n) is 4.82. The molecule has 1 atom stereocenters. The number of rotatable bonds is 9. The van der Waals surface area contributed by atoms with E-state index in [0.717, 1.165) is 6.54 Å². The molecule has 1 N–H and O–H groups in total. The van der Waals surface area contributed by atoms with Crippen LogP contribution in [0.3, 0.4) is 0 Å². The summed E-state index contributed by atoms with van der Waals surface area (Å²) in [5.74, 6) is 0. The van der Waals surface area contributed by atoms with Crippen molar-refractivity contribution in [2.75, 3.05) is 6.54 Å². The zero-order valence-electron chi connectivity index (χ0n) is 11.6.